The minimum Gasteiger partial charge on any atom is -0.351 e. The van der Waals surface area contributed by atoms with Gasteiger partial charge in [0.25, 0.3) is 0 Å². The third-order valence-electron chi connectivity index (χ3n) is 0.640. The molecule has 0 bridgehead atoms. The van der Waals surface area contributed by atoms with Crippen LogP contribution >= 0.6 is 0 Å². The van der Waals surface area contributed by atoms with Gasteiger partial charge in [-0.15, -0.1) is 0 Å². The van der Waals surface area contributed by atoms with Crippen LogP contribution in [0.1, 0.15) is 0 Å². The number of hydrogen-bond acceptors (Lipinski definition) is 5. The molecule has 0 heterocycles. The molecule has 9 nitrogen and oxygen atoms in total. The van der Waals surface area contributed by atoms with Gasteiger partial charge in [0.2, 0.25) is 0 Å². The first-order chi connectivity index (χ1) is 6.43. The second kappa shape index (κ2) is 9.22. The Labute approximate surface area is 80.1 Å². The third-order valence-corrected chi connectivity index (χ3v) is 0.640. The molecule has 0 aromatic carbocycles. The van der Waals surface area contributed by atoms with Crippen molar-refractivity contribution in [2.45, 2.75) is 0 Å². The smallest absolute Gasteiger partial charge is 0.330 e. The van der Waals surface area contributed by atoms with Crippen molar-refractivity contribution in [3.8, 4) is 0 Å². The summed E-state index contributed by atoms with van der Waals surface area (Å²) in [6.45, 7) is 1.19. The number of carbonyl (C=O) groups excluding carboxylic acids is 3. The summed E-state index contributed by atoms with van der Waals surface area (Å²) in [7, 11) is 0. The van der Waals surface area contributed by atoms with Crippen LogP contribution in [0.2, 0.25) is 0 Å². The number of urea groups is 3. The summed E-state index contributed by atoms with van der Waals surface area (Å²) < 4.78 is 0. The average Bonchev–Trinajstić information content (AvgIpc) is 2.01. The zero-order chi connectivity index (χ0) is 11.6. The van der Waals surface area contributed by atoms with Crippen molar-refractivity contribution >= 4 is 18.1 Å². The Morgan fingerprint density at radius 1 is 0.857 bits per heavy atom. The number of hydrogen-bond donors (Lipinski definition) is 6. The Morgan fingerprint density at radius 2 is 1.14 bits per heavy atom. The van der Waals surface area contributed by atoms with Crippen LogP contribution in [-0.4, -0.2) is 31.2 Å². The van der Waals surface area contributed by atoms with Crippen LogP contribution in [0.5, 0.6) is 0 Å². The molecule has 9 heteroatoms. The summed E-state index contributed by atoms with van der Waals surface area (Å²) in [4.78, 5) is 30.0. The second-order valence-electron chi connectivity index (χ2n) is 1.88. The number of nitrogens with one attached hydrogen (secondary N) is 2. The van der Waals surface area contributed by atoms with Crippen molar-refractivity contribution in [2.75, 3.05) is 13.1 Å². The fraction of sp³-hybridized carbons (Fsp3) is 0.400. The van der Waals surface area contributed by atoms with Crippen LogP contribution in [-0.2, 0) is 0 Å². The maximum Gasteiger partial charge on any atom is 0.330 e. The number of primary amides is 2. The molecule has 0 atom stereocenters. The third kappa shape index (κ3) is 16.6. The number of carbonyl (C=O) groups is 3. The Kier molecular flexibility index (Phi) is 9.64. The molecule has 0 fully saturated rings. The molecule has 10 N–H and O–H groups in total. The van der Waals surface area contributed by atoms with E-state index in [0.717, 1.165) is 0 Å². The first-order valence-corrected chi connectivity index (χ1v) is 3.51. The molecular formula is C5H14N6O3. The lowest BCUT2D eigenvalue weighted by molar-refractivity contribution is 0.227. The molecule has 0 radical (unpaired) electrons. The van der Waals surface area contributed by atoms with E-state index >= 15 is 0 Å². The highest BCUT2D eigenvalue weighted by Gasteiger charge is 2.03. The van der Waals surface area contributed by atoms with E-state index in [2.05, 4.69) is 11.5 Å². The SMILES string of the molecule is NC(=O)NC(=O)NC(N)=O.NCCN. The summed E-state index contributed by atoms with van der Waals surface area (Å²) in [5.41, 5.74) is 18.8. The van der Waals surface area contributed by atoms with Gasteiger partial charge in [-0.25, -0.2) is 14.4 Å². The Bertz CT molecular complexity index is 186. The normalized spacial score (nSPS) is 7.86. The van der Waals surface area contributed by atoms with E-state index in [1.54, 1.807) is 10.6 Å². The largest absolute Gasteiger partial charge is 0.351 e. The van der Waals surface area contributed by atoms with Crippen molar-refractivity contribution in [1.29, 1.82) is 0 Å². The van der Waals surface area contributed by atoms with E-state index in [9.17, 15) is 14.4 Å². The first-order valence-electron chi connectivity index (χ1n) is 3.51. The van der Waals surface area contributed by atoms with Crippen LogP contribution in [0, 0.1) is 0 Å². The molecule has 82 valence electrons. The number of rotatable bonds is 1. The van der Waals surface area contributed by atoms with E-state index in [4.69, 9.17) is 11.5 Å². The van der Waals surface area contributed by atoms with E-state index < -0.39 is 18.1 Å². The van der Waals surface area contributed by atoms with Crippen LogP contribution in [0.25, 0.3) is 0 Å². The summed E-state index contributed by atoms with van der Waals surface area (Å²) >= 11 is 0. The summed E-state index contributed by atoms with van der Waals surface area (Å²) in [5.74, 6) is 0. The number of nitrogens with two attached hydrogens (primary N) is 4. The van der Waals surface area contributed by atoms with Gasteiger partial charge in [0.15, 0.2) is 0 Å². The standard InChI is InChI=1S/C3H6N4O3.C2H8N2/c4-1(8)6-3(10)7-2(5)9;3-1-2-4/h(H6,4,5,6,7,8,9,10);1-4H2. The molecule has 0 aliphatic heterocycles. The predicted molar refractivity (Wildman–Crippen MR) is 48.9 cm³/mol. The van der Waals surface area contributed by atoms with Crippen LogP contribution in [0.3, 0.4) is 0 Å². The van der Waals surface area contributed by atoms with Gasteiger partial charge in [-0.2, -0.15) is 0 Å². The molecule has 0 aromatic rings. The van der Waals surface area contributed by atoms with Gasteiger partial charge in [0, 0.05) is 13.1 Å². The minimum atomic E-state index is -1.06. The molecule has 14 heavy (non-hydrogen) atoms. The molecule has 0 saturated heterocycles. The number of imide groups is 2. The minimum absolute atomic E-state index is 0.597. The van der Waals surface area contributed by atoms with Gasteiger partial charge in [-0.05, 0) is 0 Å². The highest BCUT2D eigenvalue weighted by Crippen LogP contribution is 1.62. The van der Waals surface area contributed by atoms with Crippen LogP contribution in [0.4, 0.5) is 14.4 Å². The number of amides is 6. The Balaban J connectivity index is 0. The van der Waals surface area contributed by atoms with Crippen molar-refractivity contribution < 1.29 is 14.4 Å². The van der Waals surface area contributed by atoms with Crippen molar-refractivity contribution in [3.63, 3.8) is 0 Å². The Hall–Kier alpha value is -1.87. The molecule has 0 unspecified atom stereocenters. The van der Waals surface area contributed by atoms with Crippen molar-refractivity contribution in [3.05, 3.63) is 0 Å². The summed E-state index contributed by atoms with van der Waals surface area (Å²) in [6, 6.07) is -3.16. The van der Waals surface area contributed by atoms with Crippen LogP contribution < -0.4 is 33.6 Å². The van der Waals surface area contributed by atoms with E-state index in [-0.39, 0.29) is 0 Å². The van der Waals surface area contributed by atoms with Gasteiger partial charge >= 0.3 is 18.1 Å². The van der Waals surface area contributed by atoms with Crippen molar-refractivity contribution in [2.24, 2.45) is 22.9 Å². The van der Waals surface area contributed by atoms with Crippen molar-refractivity contribution in [1.82, 2.24) is 10.6 Å². The molecule has 0 aromatic heterocycles. The Morgan fingerprint density at radius 3 is 1.29 bits per heavy atom. The second-order valence-corrected chi connectivity index (χ2v) is 1.88. The van der Waals surface area contributed by atoms with Gasteiger partial charge in [-0.3, -0.25) is 10.6 Å². The van der Waals surface area contributed by atoms with E-state index in [1.165, 1.54) is 0 Å². The highest BCUT2D eigenvalue weighted by atomic mass is 16.2. The zero-order valence-electron chi connectivity index (χ0n) is 7.45. The molecule has 0 saturated carbocycles. The van der Waals surface area contributed by atoms with Gasteiger partial charge < -0.3 is 22.9 Å². The average molecular weight is 206 g/mol. The molecule has 0 aliphatic rings. The maximum absolute atomic E-state index is 10.2. The fourth-order valence-electron chi connectivity index (χ4n) is 0.255. The van der Waals surface area contributed by atoms with E-state index in [0.29, 0.717) is 13.1 Å². The van der Waals surface area contributed by atoms with Gasteiger partial charge in [0.1, 0.15) is 0 Å². The lowest BCUT2D eigenvalue weighted by Crippen LogP contribution is -2.46. The zero-order valence-corrected chi connectivity index (χ0v) is 7.45. The molecule has 0 rings (SSSR count). The van der Waals surface area contributed by atoms with Gasteiger partial charge in [-0.1, -0.05) is 0 Å². The molecule has 0 aliphatic carbocycles. The topological polar surface area (TPSA) is 179 Å². The predicted octanol–water partition coefficient (Wildman–Crippen LogP) is -2.65. The monoisotopic (exact) mass is 206 g/mol. The fourth-order valence-corrected chi connectivity index (χ4v) is 0.255. The quantitative estimate of drug-likeness (QED) is 0.273. The van der Waals surface area contributed by atoms with E-state index in [1.807, 2.05) is 0 Å². The molecular weight excluding hydrogens is 192 g/mol. The van der Waals surface area contributed by atoms with Gasteiger partial charge in [0.05, 0.1) is 0 Å². The summed E-state index contributed by atoms with van der Waals surface area (Å²) in [6.07, 6.45) is 0. The first kappa shape index (κ1) is 14.6. The highest BCUT2D eigenvalue weighted by molar-refractivity contribution is 6.00. The lowest BCUT2D eigenvalue weighted by atomic mass is 10.7. The molecule has 6 amide bonds. The lowest BCUT2D eigenvalue weighted by Gasteiger charge is -1.97. The maximum atomic E-state index is 10.2. The molecule has 0 spiro atoms. The summed E-state index contributed by atoms with van der Waals surface area (Å²) in [5, 5.41) is 3.12. The van der Waals surface area contributed by atoms with Crippen LogP contribution in [0.15, 0.2) is 0 Å².